The van der Waals surface area contributed by atoms with E-state index in [9.17, 15) is 10.2 Å². The van der Waals surface area contributed by atoms with Gasteiger partial charge in [0.2, 0.25) is 0 Å². The Morgan fingerprint density at radius 2 is 1.90 bits per heavy atom. The van der Waals surface area contributed by atoms with Gasteiger partial charge in [0, 0.05) is 18.2 Å². The zero-order valence-corrected chi connectivity index (χ0v) is 12.4. The average Bonchev–Trinajstić information content (AvgIpc) is 2.45. The van der Waals surface area contributed by atoms with Crippen LogP contribution in [0.1, 0.15) is 24.5 Å². The van der Waals surface area contributed by atoms with Gasteiger partial charge in [-0.05, 0) is 43.2 Å². The predicted molar refractivity (Wildman–Crippen MR) is 84.1 cm³/mol. The minimum atomic E-state index is 0.0542. The highest BCUT2D eigenvalue weighted by atomic mass is 16.5. The molecule has 0 aromatic heterocycles. The zero-order valence-electron chi connectivity index (χ0n) is 12.4. The van der Waals surface area contributed by atoms with Crippen molar-refractivity contribution in [1.82, 2.24) is 0 Å². The Morgan fingerprint density at radius 1 is 1.10 bits per heavy atom. The van der Waals surface area contributed by atoms with E-state index in [1.54, 1.807) is 12.1 Å². The molecule has 2 aromatic rings. The molecule has 4 heteroatoms. The highest BCUT2D eigenvalue weighted by molar-refractivity contribution is 5.58. The summed E-state index contributed by atoms with van der Waals surface area (Å²) in [5.74, 6) is 0.944. The summed E-state index contributed by atoms with van der Waals surface area (Å²) in [6, 6.07) is 10.6. The van der Waals surface area contributed by atoms with Crippen LogP contribution in [0, 0.1) is 6.92 Å². The van der Waals surface area contributed by atoms with Crippen LogP contribution in [0.25, 0.3) is 0 Å². The number of phenolic OH excluding ortho intramolecular Hbond substituents is 2. The van der Waals surface area contributed by atoms with E-state index in [2.05, 4.69) is 12.2 Å². The van der Waals surface area contributed by atoms with E-state index in [0.717, 1.165) is 29.0 Å². The number of ether oxygens (including phenoxy) is 1. The molecule has 0 spiro atoms. The van der Waals surface area contributed by atoms with E-state index in [-0.39, 0.29) is 11.5 Å². The molecule has 4 nitrogen and oxygen atoms in total. The Balaban J connectivity index is 2.11. The number of rotatable bonds is 6. The maximum absolute atomic E-state index is 9.79. The van der Waals surface area contributed by atoms with Crippen molar-refractivity contribution < 1.29 is 14.9 Å². The number of benzene rings is 2. The van der Waals surface area contributed by atoms with Crippen molar-refractivity contribution in [3.63, 3.8) is 0 Å². The van der Waals surface area contributed by atoms with E-state index in [4.69, 9.17) is 4.74 Å². The lowest BCUT2D eigenvalue weighted by Crippen LogP contribution is -2.04. The van der Waals surface area contributed by atoms with Gasteiger partial charge >= 0.3 is 0 Å². The first kappa shape index (κ1) is 15.0. The second-order valence-corrected chi connectivity index (χ2v) is 5.01. The molecule has 0 radical (unpaired) electrons. The fourth-order valence-electron chi connectivity index (χ4n) is 2.00. The van der Waals surface area contributed by atoms with E-state index in [0.29, 0.717) is 13.2 Å². The first-order valence-electron chi connectivity index (χ1n) is 7.08. The molecule has 3 N–H and O–H groups in total. The number of aryl methyl sites for hydroxylation is 1. The van der Waals surface area contributed by atoms with Crippen molar-refractivity contribution in [3.8, 4) is 17.2 Å². The molecule has 2 aromatic carbocycles. The maximum atomic E-state index is 9.79. The minimum absolute atomic E-state index is 0.0542. The Labute approximate surface area is 125 Å². The fourth-order valence-corrected chi connectivity index (χ4v) is 2.00. The van der Waals surface area contributed by atoms with Crippen LogP contribution in [0.4, 0.5) is 5.69 Å². The Kier molecular flexibility index (Phi) is 4.93. The van der Waals surface area contributed by atoms with Gasteiger partial charge in [-0.1, -0.05) is 13.0 Å². The van der Waals surface area contributed by atoms with Crippen molar-refractivity contribution in [2.45, 2.75) is 26.8 Å². The lowest BCUT2D eigenvalue weighted by atomic mass is 10.1. The van der Waals surface area contributed by atoms with E-state index < -0.39 is 0 Å². The fraction of sp³-hybridized carbons (Fsp3) is 0.294. The zero-order chi connectivity index (χ0) is 15.2. The van der Waals surface area contributed by atoms with E-state index >= 15 is 0 Å². The number of nitrogens with one attached hydrogen (secondary N) is 1. The first-order chi connectivity index (χ1) is 10.1. The number of hydrogen-bond donors (Lipinski definition) is 3. The number of hydrogen-bond acceptors (Lipinski definition) is 4. The third-order valence-electron chi connectivity index (χ3n) is 3.14. The minimum Gasteiger partial charge on any atom is -0.508 e. The lowest BCUT2D eigenvalue weighted by molar-refractivity contribution is 0.318. The summed E-state index contributed by atoms with van der Waals surface area (Å²) in [4.78, 5) is 0. The molecule has 2 rings (SSSR count). The molecule has 0 atom stereocenters. The lowest BCUT2D eigenvalue weighted by Gasteiger charge is -2.14. The molecule has 0 unspecified atom stereocenters. The summed E-state index contributed by atoms with van der Waals surface area (Å²) < 4.78 is 5.74. The number of anilines is 1. The van der Waals surface area contributed by atoms with Crippen LogP contribution in [0.5, 0.6) is 17.2 Å². The number of phenols is 2. The van der Waals surface area contributed by atoms with Crippen LogP contribution in [0.2, 0.25) is 0 Å². The molecule has 0 aliphatic carbocycles. The molecule has 0 saturated carbocycles. The predicted octanol–water partition coefficient (Wildman–Crippen LogP) is 3.81. The Morgan fingerprint density at radius 3 is 2.62 bits per heavy atom. The van der Waals surface area contributed by atoms with E-state index in [1.807, 2.05) is 25.1 Å². The van der Waals surface area contributed by atoms with Crippen LogP contribution < -0.4 is 10.1 Å². The average molecular weight is 287 g/mol. The van der Waals surface area contributed by atoms with Gasteiger partial charge in [0.1, 0.15) is 17.2 Å². The van der Waals surface area contributed by atoms with Crippen molar-refractivity contribution >= 4 is 5.69 Å². The van der Waals surface area contributed by atoms with Crippen LogP contribution >= 0.6 is 0 Å². The molecule has 0 amide bonds. The second kappa shape index (κ2) is 6.88. The van der Waals surface area contributed by atoms with Gasteiger partial charge in [-0.3, -0.25) is 0 Å². The standard InChI is InChI=1S/C17H21NO3/c1-3-8-21-17-9-12(2)4-7-15(17)18-11-13-5-6-14(19)10-16(13)20/h4-7,9-10,18-20H,3,8,11H2,1-2H3. The SMILES string of the molecule is CCCOc1cc(C)ccc1NCc1ccc(O)cc1O. The smallest absolute Gasteiger partial charge is 0.142 e. The summed E-state index contributed by atoms with van der Waals surface area (Å²) in [5, 5.41) is 22.3. The molecule has 112 valence electrons. The summed E-state index contributed by atoms with van der Waals surface area (Å²) >= 11 is 0. The molecule has 0 saturated heterocycles. The molecule has 21 heavy (non-hydrogen) atoms. The normalized spacial score (nSPS) is 10.4. The third-order valence-corrected chi connectivity index (χ3v) is 3.14. The Bertz CT molecular complexity index is 611. The molecule has 0 fully saturated rings. The summed E-state index contributed by atoms with van der Waals surface area (Å²) in [6.07, 6.45) is 0.951. The summed E-state index contributed by atoms with van der Waals surface area (Å²) in [5.41, 5.74) is 2.75. The first-order valence-corrected chi connectivity index (χ1v) is 7.08. The molecule has 0 aliphatic rings. The van der Waals surface area contributed by atoms with Gasteiger partial charge in [0.05, 0.1) is 12.3 Å². The molecule has 0 bridgehead atoms. The van der Waals surface area contributed by atoms with Gasteiger partial charge < -0.3 is 20.3 Å². The third kappa shape index (κ3) is 4.05. The largest absolute Gasteiger partial charge is 0.508 e. The van der Waals surface area contributed by atoms with Crippen LogP contribution in [-0.4, -0.2) is 16.8 Å². The van der Waals surface area contributed by atoms with Gasteiger partial charge in [-0.25, -0.2) is 0 Å². The van der Waals surface area contributed by atoms with Crippen LogP contribution in [0.3, 0.4) is 0 Å². The quantitative estimate of drug-likeness (QED) is 0.756. The van der Waals surface area contributed by atoms with Gasteiger partial charge in [0.25, 0.3) is 0 Å². The van der Waals surface area contributed by atoms with E-state index in [1.165, 1.54) is 6.07 Å². The van der Waals surface area contributed by atoms with Crippen LogP contribution in [0.15, 0.2) is 36.4 Å². The van der Waals surface area contributed by atoms with Crippen molar-refractivity contribution in [2.75, 3.05) is 11.9 Å². The molecule has 0 aliphatic heterocycles. The van der Waals surface area contributed by atoms with Crippen LogP contribution in [-0.2, 0) is 6.54 Å². The summed E-state index contributed by atoms with van der Waals surface area (Å²) in [6.45, 7) is 5.21. The van der Waals surface area contributed by atoms with Gasteiger partial charge in [-0.2, -0.15) is 0 Å². The van der Waals surface area contributed by atoms with Crippen molar-refractivity contribution in [3.05, 3.63) is 47.5 Å². The van der Waals surface area contributed by atoms with Gasteiger partial charge in [-0.15, -0.1) is 0 Å². The van der Waals surface area contributed by atoms with Gasteiger partial charge in [0.15, 0.2) is 0 Å². The summed E-state index contributed by atoms with van der Waals surface area (Å²) in [7, 11) is 0. The second-order valence-electron chi connectivity index (χ2n) is 5.01. The highest BCUT2D eigenvalue weighted by Crippen LogP contribution is 2.28. The molecule has 0 heterocycles. The Hall–Kier alpha value is -2.36. The molecular formula is C17H21NO3. The number of aromatic hydroxyl groups is 2. The maximum Gasteiger partial charge on any atom is 0.142 e. The highest BCUT2D eigenvalue weighted by Gasteiger charge is 2.06. The topological polar surface area (TPSA) is 61.7 Å². The van der Waals surface area contributed by atoms with Crippen molar-refractivity contribution in [2.24, 2.45) is 0 Å². The van der Waals surface area contributed by atoms with Crippen molar-refractivity contribution in [1.29, 1.82) is 0 Å². The monoisotopic (exact) mass is 287 g/mol. The molecular weight excluding hydrogens is 266 g/mol.